The largest absolute Gasteiger partial charge is 0.385 e. The van der Waals surface area contributed by atoms with Gasteiger partial charge in [-0.3, -0.25) is 14.6 Å². The molecule has 0 radical (unpaired) electrons. The number of nitrogens with one attached hydrogen (secondary N) is 1. The maximum atomic E-state index is 14.2. The summed E-state index contributed by atoms with van der Waals surface area (Å²) in [4.78, 5) is 19.7. The number of benzene rings is 4. The molecule has 10 heteroatoms. The predicted molar refractivity (Wildman–Crippen MR) is 230 cm³/mol. The molecule has 4 aliphatic rings. The number of hydrogen-bond acceptors (Lipinski definition) is 5. The summed E-state index contributed by atoms with van der Waals surface area (Å²) in [6, 6.07) is 25.7. The summed E-state index contributed by atoms with van der Waals surface area (Å²) in [7, 11) is 1.64. The summed E-state index contributed by atoms with van der Waals surface area (Å²) < 4.78 is 32.9. The van der Waals surface area contributed by atoms with Crippen molar-refractivity contribution < 1.29 is 18.3 Å². The molecule has 6 nitrogen and oxygen atoms in total. The fraction of sp³-hybridized carbons (Fsp3) is 0.383. The number of methoxy groups -OCH3 is 1. The van der Waals surface area contributed by atoms with Crippen molar-refractivity contribution in [3.63, 3.8) is 0 Å². The second-order valence-corrected chi connectivity index (χ2v) is 16.7. The van der Waals surface area contributed by atoms with Crippen LogP contribution in [0.1, 0.15) is 60.8 Å². The molecule has 57 heavy (non-hydrogen) atoms. The van der Waals surface area contributed by atoms with E-state index in [4.69, 9.17) is 27.9 Å². The lowest BCUT2D eigenvalue weighted by Crippen LogP contribution is -2.46. The van der Waals surface area contributed by atoms with E-state index in [1.165, 1.54) is 17.2 Å². The lowest BCUT2D eigenvalue weighted by atomic mass is 9.74. The third kappa shape index (κ3) is 9.98. The molecule has 4 aliphatic heterocycles. The van der Waals surface area contributed by atoms with E-state index in [1.807, 2.05) is 59.5 Å². The van der Waals surface area contributed by atoms with Gasteiger partial charge in [-0.1, -0.05) is 71.8 Å². The third-order valence-electron chi connectivity index (χ3n) is 12.2. The lowest BCUT2D eigenvalue weighted by molar-refractivity contribution is -0.119. The van der Waals surface area contributed by atoms with Gasteiger partial charge in [-0.05, 0) is 141 Å². The molecular formula is C47H52Cl2F2N4O2. The minimum atomic E-state index is -0.231. The number of likely N-dealkylation sites (tertiary alicyclic amines) is 2. The number of carbonyl (C=O) groups excluding carboxylic acids is 1. The van der Waals surface area contributed by atoms with Crippen LogP contribution >= 0.6 is 23.2 Å². The maximum absolute atomic E-state index is 14.2. The molecule has 4 heterocycles. The molecule has 2 saturated heterocycles. The van der Waals surface area contributed by atoms with Crippen LogP contribution in [0.25, 0.3) is 12.2 Å². The van der Waals surface area contributed by atoms with Crippen molar-refractivity contribution in [2.75, 3.05) is 76.3 Å². The smallest absolute Gasteiger partial charge is 0.227 e. The Kier molecular flexibility index (Phi) is 13.5. The van der Waals surface area contributed by atoms with Gasteiger partial charge >= 0.3 is 0 Å². The number of hydrogen-bond donors (Lipinski definition) is 1. The quantitative estimate of drug-likeness (QED) is 0.162. The summed E-state index contributed by atoms with van der Waals surface area (Å²) in [5, 5.41) is 4.97. The first-order valence-corrected chi connectivity index (χ1v) is 20.8. The zero-order valence-electron chi connectivity index (χ0n) is 32.7. The minimum absolute atomic E-state index is 0.0973. The van der Waals surface area contributed by atoms with E-state index in [1.54, 1.807) is 31.4 Å². The van der Waals surface area contributed by atoms with Crippen molar-refractivity contribution >= 4 is 52.6 Å². The van der Waals surface area contributed by atoms with Gasteiger partial charge < -0.3 is 15.0 Å². The molecule has 0 atom stereocenters. The van der Waals surface area contributed by atoms with Gasteiger partial charge in [0.2, 0.25) is 5.91 Å². The van der Waals surface area contributed by atoms with Crippen molar-refractivity contribution in [1.82, 2.24) is 9.80 Å². The topological polar surface area (TPSA) is 48.1 Å². The number of anilines is 2. The van der Waals surface area contributed by atoms with Crippen molar-refractivity contribution in [2.24, 2.45) is 0 Å². The Balaban J connectivity index is 0.000000179. The van der Waals surface area contributed by atoms with E-state index in [0.717, 1.165) is 104 Å². The summed E-state index contributed by atoms with van der Waals surface area (Å²) >= 11 is 11.9. The van der Waals surface area contributed by atoms with Gasteiger partial charge in [0.05, 0.1) is 0 Å². The summed E-state index contributed by atoms with van der Waals surface area (Å²) in [5.74, 6) is -0.264. The number of rotatable bonds is 10. The van der Waals surface area contributed by atoms with Crippen LogP contribution in [0.5, 0.6) is 0 Å². The Labute approximate surface area is 346 Å². The molecule has 8 rings (SSSR count). The summed E-state index contributed by atoms with van der Waals surface area (Å²) in [5.41, 5.74) is 6.40. The van der Waals surface area contributed by atoms with Gasteiger partial charge in [0, 0.05) is 78.6 Å². The van der Waals surface area contributed by atoms with Gasteiger partial charge in [0.1, 0.15) is 11.6 Å². The van der Waals surface area contributed by atoms with Gasteiger partial charge in [-0.15, -0.1) is 0 Å². The molecule has 0 aliphatic carbocycles. The zero-order valence-corrected chi connectivity index (χ0v) is 34.2. The zero-order chi connectivity index (χ0) is 39.8. The molecule has 1 amide bonds. The molecule has 2 spiro atoms. The Hall–Kier alpha value is -4.05. The fourth-order valence-electron chi connectivity index (χ4n) is 8.86. The van der Waals surface area contributed by atoms with Crippen LogP contribution in [0.3, 0.4) is 0 Å². The highest BCUT2D eigenvalue weighted by Crippen LogP contribution is 2.48. The van der Waals surface area contributed by atoms with Crippen LogP contribution in [0.4, 0.5) is 20.2 Å². The Morgan fingerprint density at radius 3 is 1.82 bits per heavy atom. The highest BCUT2D eigenvalue weighted by atomic mass is 35.5. The lowest BCUT2D eigenvalue weighted by Gasteiger charge is -2.39. The standard InChI is InChI=1S/C26H30ClFN2O2.C21H22ClFN2/c1-32-17-3-5-25(31)30-19-26(23-18-22(28)10-11-24(23)30)12-15-29(16-13-26)14-2-4-20-6-8-21(27)9-7-20;22-17-5-3-16(4-6-17)2-1-11-25-12-9-21(10-13-25)15-24-20-8-7-18(23)14-19(20)21/h2,4,6-11,18H,3,5,12-17,19H2,1H3;1-8,14,24H,9-13,15H2/b4-2+;2-1+. The highest BCUT2D eigenvalue weighted by Gasteiger charge is 2.46. The first-order valence-electron chi connectivity index (χ1n) is 20.1. The van der Waals surface area contributed by atoms with Gasteiger partial charge in [-0.2, -0.15) is 0 Å². The van der Waals surface area contributed by atoms with E-state index in [2.05, 4.69) is 39.4 Å². The van der Waals surface area contributed by atoms with E-state index in [-0.39, 0.29) is 28.4 Å². The molecule has 0 saturated carbocycles. The molecule has 4 aromatic carbocycles. The van der Waals surface area contributed by atoms with Crippen LogP contribution in [0.2, 0.25) is 10.0 Å². The molecule has 0 bridgehead atoms. The van der Waals surface area contributed by atoms with Crippen molar-refractivity contribution in [1.29, 1.82) is 0 Å². The van der Waals surface area contributed by atoms with E-state index >= 15 is 0 Å². The minimum Gasteiger partial charge on any atom is -0.385 e. The Bertz CT molecular complexity index is 2040. The Morgan fingerprint density at radius 1 is 0.737 bits per heavy atom. The number of amides is 1. The number of ether oxygens (including phenoxy) is 1. The van der Waals surface area contributed by atoms with Gasteiger partial charge in [-0.25, -0.2) is 8.78 Å². The molecule has 4 aromatic rings. The highest BCUT2D eigenvalue weighted by molar-refractivity contribution is 6.30. The predicted octanol–water partition coefficient (Wildman–Crippen LogP) is 10.3. The van der Waals surface area contributed by atoms with E-state index in [0.29, 0.717) is 26.0 Å². The molecule has 1 N–H and O–H groups in total. The number of fused-ring (bicyclic) bond motifs is 4. The Morgan fingerprint density at radius 2 is 1.26 bits per heavy atom. The van der Waals surface area contributed by atoms with Crippen LogP contribution in [-0.2, 0) is 20.4 Å². The summed E-state index contributed by atoms with van der Waals surface area (Å²) in [6.07, 6.45) is 13.8. The number of halogens is 4. The van der Waals surface area contributed by atoms with Crippen LogP contribution in [0.15, 0.2) is 97.1 Å². The second-order valence-electron chi connectivity index (χ2n) is 15.9. The van der Waals surface area contributed by atoms with Gasteiger partial charge in [0.25, 0.3) is 0 Å². The average molecular weight is 814 g/mol. The molecule has 0 aromatic heterocycles. The number of carbonyl (C=O) groups is 1. The first-order chi connectivity index (χ1) is 27.6. The summed E-state index contributed by atoms with van der Waals surface area (Å²) in [6.45, 7) is 7.90. The third-order valence-corrected chi connectivity index (χ3v) is 12.7. The van der Waals surface area contributed by atoms with E-state index < -0.39 is 0 Å². The fourth-order valence-corrected chi connectivity index (χ4v) is 9.11. The number of nitrogens with zero attached hydrogens (tertiary/aromatic N) is 3. The molecule has 2 fully saturated rings. The van der Waals surface area contributed by atoms with Crippen molar-refractivity contribution in [3.8, 4) is 0 Å². The monoisotopic (exact) mass is 812 g/mol. The van der Waals surface area contributed by atoms with E-state index in [9.17, 15) is 13.6 Å². The number of piperidine rings is 2. The maximum Gasteiger partial charge on any atom is 0.227 e. The van der Waals surface area contributed by atoms with Crippen LogP contribution < -0.4 is 10.2 Å². The molecular weight excluding hydrogens is 761 g/mol. The van der Waals surface area contributed by atoms with Crippen LogP contribution in [-0.4, -0.2) is 81.8 Å². The SMILES string of the molecule is COCCCC(=O)N1CC2(CCN(C/C=C/c3ccc(Cl)cc3)CC2)c2cc(F)ccc21.Fc1ccc2c(c1)C1(CCN(C/C=C/c3ccc(Cl)cc3)CC1)CN2. The van der Waals surface area contributed by atoms with Crippen molar-refractivity contribution in [3.05, 3.63) is 141 Å². The van der Waals surface area contributed by atoms with Gasteiger partial charge in [0.15, 0.2) is 0 Å². The molecule has 0 unspecified atom stereocenters. The molecule has 300 valence electrons. The second kappa shape index (κ2) is 18.7. The average Bonchev–Trinajstić information content (AvgIpc) is 3.72. The normalized spacial score (nSPS) is 18.5. The first kappa shape index (κ1) is 41.1. The van der Waals surface area contributed by atoms with Crippen LogP contribution in [0, 0.1) is 11.6 Å². The van der Waals surface area contributed by atoms with Crippen molar-refractivity contribution in [2.45, 2.75) is 49.4 Å².